The summed E-state index contributed by atoms with van der Waals surface area (Å²) in [5, 5.41) is 15.8. The number of halogens is 1. The van der Waals surface area contributed by atoms with Gasteiger partial charge in [-0.25, -0.2) is 9.59 Å². The lowest BCUT2D eigenvalue weighted by molar-refractivity contribution is -0.139. The van der Waals surface area contributed by atoms with Crippen molar-refractivity contribution in [1.29, 1.82) is 0 Å². The van der Waals surface area contributed by atoms with Gasteiger partial charge < -0.3 is 20.5 Å². The molecule has 1 aromatic rings. The van der Waals surface area contributed by atoms with Gasteiger partial charge in [0.25, 0.3) is 0 Å². The molecule has 1 aromatic carbocycles. The fourth-order valence-corrected chi connectivity index (χ4v) is 4.37. The van der Waals surface area contributed by atoms with E-state index >= 15 is 0 Å². The summed E-state index contributed by atoms with van der Waals surface area (Å²) in [5.74, 6) is -1.17. The molecule has 6 nitrogen and oxygen atoms in total. The number of carboxylic acids is 1. The van der Waals surface area contributed by atoms with Crippen LogP contribution in [0.25, 0.3) is 0 Å². The van der Waals surface area contributed by atoms with Crippen LogP contribution in [0.4, 0.5) is 4.79 Å². The fraction of sp³-hybridized carbons (Fsp3) is 0.680. The van der Waals surface area contributed by atoms with Crippen molar-refractivity contribution in [1.82, 2.24) is 10.6 Å². The number of carbonyl (C=O) groups is 2. The van der Waals surface area contributed by atoms with Crippen LogP contribution >= 0.6 is 11.6 Å². The second-order valence-electron chi connectivity index (χ2n) is 9.81. The van der Waals surface area contributed by atoms with Crippen LogP contribution in [-0.4, -0.2) is 34.9 Å². The summed E-state index contributed by atoms with van der Waals surface area (Å²) in [7, 11) is 0. The Hall–Kier alpha value is -1.79. The first-order valence-electron chi connectivity index (χ1n) is 11.9. The first kappa shape index (κ1) is 26.5. The van der Waals surface area contributed by atoms with Crippen molar-refractivity contribution in [3.63, 3.8) is 0 Å². The summed E-state index contributed by atoms with van der Waals surface area (Å²) in [6, 6.07) is 6.77. The molecule has 0 heterocycles. The average Bonchev–Trinajstić information content (AvgIpc) is 2.73. The monoisotopic (exact) mass is 466 g/mol. The SMILES string of the molecule is C1CCC(NC2CCCCC2)CC1.CC(C)(C)OC(=O)N[C@H](C(=O)O)c1ccc(Cl)cc1. The molecule has 0 radical (unpaired) electrons. The summed E-state index contributed by atoms with van der Waals surface area (Å²) in [5.41, 5.74) is -0.268. The molecule has 3 N–H and O–H groups in total. The van der Waals surface area contributed by atoms with E-state index in [1.54, 1.807) is 45.0 Å². The van der Waals surface area contributed by atoms with Crippen molar-refractivity contribution in [3.05, 3.63) is 34.9 Å². The number of carboxylic acid groups (broad SMARTS) is 1. The normalized spacial score (nSPS) is 18.8. The molecule has 2 aliphatic rings. The Morgan fingerprint density at radius 2 is 1.41 bits per heavy atom. The van der Waals surface area contributed by atoms with E-state index in [0.29, 0.717) is 10.6 Å². The number of nitrogens with one attached hydrogen (secondary N) is 2. The number of benzene rings is 1. The topological polar surface area (TPSA) is 87.7 Å². The zero-order valence-corrected chi connectivity index (χ0v) is 20.4. The van der Waals surface area contributed by atoms with E-state index < -0.39 is 23.7 Å². The van der Waals surface area contributed by atoms with Gasteiger partial charge in [0.1, 0.15) is 5.60 Å². The number of rotatable bonds is 5. The fourth-order valence-electron chi connectivity index (χ4n) is 4.24. The lowest BCUT2D eigenvalue weighted by Gasteiger charge is -2.30. The third-order valence-corrected chi connectivity index (χ3v) is 6.05. The van der Waals surface area contributed by atoms with E-state index in [-0.39, 0.29) is 0 Å². The highest BCUT2D eigenvalue weighted by Crippen LogP contribution is 2.22. The second kappa shape index (κ2) is 13.0. The summed E-state index contributed by atoms with van der Waals surface area (Å²) in [6.07, 6.45) is 13.8. The Balaban J connectivity index is 0.000000242. The van der Waals surface area contributed by atoms with E-state index in [9.17, 15) is 9.59 Å². The highest BCUT2D eigenvalue weighted by molar-refractivity contribution is 6.30. The largest absolute Gasteiger partial charge is 0.479 e. The van der Waals surface area contributed by atoms with Crippen LogP contribution < -0.4 is 10.6 Å². The number of hydrogen-bond acceptors (Lipinski definition) is 4. The molecule has 1 atom stereocenters. The van der Waals surface area contributed by atoms with Crippen LogP contribution in [0, 0.1) is 0 Å². The van der Waals surface area contributed by atoms with Crippen molar-refractivity contribution in [2.45, 2.75) is 109 Å². The highest BCUT2D eigenvalue weighted by Gasteiger charge is 2.25. The zero-order chi connectivity index (χ0) is 23.6. The predicted molar refractivity (Wildman–Crippen MR) is 128 cm³/mol. The molecule has 1 amide bonds. The molecule has 7 heteroatoms. The van der Waals surface area contributed by atoms with Crippen LogP contribution in [-0.2, 0) is 9.53 Å². The Bertz CT molecular complexity index is 690. The van der Waals surface area contributed by atoms with Crippen LogP contribution in [0.5, 0.6) is 0 Å². The lowest BCUT2D eigenvalue weighted by Crippen LogP contribution is -2.40. The maximum absolute atomic E-state index is 11.6. The smallest absolute Gasteiger partial charge is 0.408 e. The molecule has 180 valence electrons. The summed E-state index contributed by atoms with van der Waals surface area (Å²) in [6.45, 7) is 5.10. The van der Waals surface area contributed by atoms with Gasteiger partial charge in [0.05, 0.1) is 0 Å². The maximum Gasteiger partial charge on any atom is 0.408 e. The number of aliphatic carboxylic acids is 1. The molecule has 0 aliphatic heterocycles. The second-order valence-corrected chi connectivity index (χ2v) is 10.2. The van der Waals surface area contributed by atoms with Crippen molar-refractivity contribution >= 4 is 23.7 Å². The lowest BCUT2D eigenvalue weighted by atomic mass is 9.91. The van der Waals surface area contributed by atoms with Crippen molar-refractivity contribution in [2.24, 2.45) is 0 Å². The maximum atomic E-state index is 11.6. The van der Waals surface area contributed by atoms with Crippen LogP contribution in [0.1, 0.15) is 96.6 Å². The number of ether oxygens (including phenoxy) is 1. The Morgan fingerprint density at radius 3 is 1.81 bits per heavy atom. The minimum atomic E-state index is -1.17. The quantitative estimate of drug-likeness (QED) is 0.478. The van der Waals surface area contributed by atoms with Crippen molar-refractivity contribution in [2.75, 3.05) is 0 Å². The van der Waals surface area contributed by atoms with E-state index in [1.807, 2.05) is 0 Å². The number of alkyl carbamates (subject to hydrolysis) is 1. The first-order valence-corrected chi connectivity index (χ1v) is 12.3. The van der Waals surface area contributed by atoms with E-state index in [0.717, 1.165) is 12.1 Å². The van der Waals surface area contributed by atoms with Crippen LogP contribution in [0.2, 0.25) is 5.02 Å². The van der Waals surface area contributed by atoms with Crippen LogP contribution in [0.15, 0.2) is 24.3 Å². The highest BCUT2D eigenvalue weighted by atomic mass is 35.5. The molecule has 2 saturated carbocycles. The molecule has 32 heavy (non-hydrogen) atoms. The summed E-state index contributed by atoms with van der Waals surface area (Å²) in [4.78, 5) is 22.8. The zero-order valence-electron chi connectivity index (χ0n) is 19.7. The molecule has 0 unspecified atom stereocenters. The molecular weight excluding hydrogens is 428 g/mol. The molecule has 0 saturated heterocycles. The average molecular weight is 467 g/mol. The predicted octanol–water partition coefficient (Wildman–Crippen LogP) is 6.23. The number of carbonyl (C=O) groups excluding carboxylic acids is 1. The van der Waals surface area contributed by atoms with Gasteiger partial charge in [-0.3, -0.25) is 0 Å². The van der Waals surface area contributed by atoms with Gasteiger partial charge >= 0.3 is 12.1 Å². The van der Waals surface area contributed by atoms with Gasteiger partial charge in [0, 0.05) is 17.1 Å². The van der Waals surface area contributed by atoms with Gasteiger partial charge in [-0.15, -0.1) is 0 Å². The van der Waals surface area contributed by atoms with E-state index in [4.69, 9.17) is 21.4 Å². The summed E-state index contributed by atoms with van der Waals surface area (Å²) >= 11 is 5.73. The van der Waals surface area contributed by atoms with Crippen molar-refractivity contribution in [3.8, 4) is 0 Å². The van der Waals surface area contributed by atoms with Gasteiger partial charge in [0.2, 0.25) is 0 Å². The minimum Gasteiger partial charge on any atom is -0.479 e. The molecule has 0 aromatic heterocycles. The van der Waals surface area contributed by atoms with Crippen molar-refractivity contribution < 1.29 is 19.4 Å². The van der Waals surface area contributed by atoms with Gasteiger partial charge in [-0.05, 0) is 64.2 Å². The first-order chi connectivity index (χ1) is 15.1. The third-order valence-electron chi connectivity index (χ3n) is 5.79. The Morgan fingerprint density at radius 1 is 0.938 bits per heavy atom. The van der Waals surface area contributed by atoms with E-state index in [1.165, 1.54) is 64.2 Å². The molecule has 0 spiro atoms. The number of amides is 1. The van der Waals surface area contributed by atoms with Gasteiger partial charge in [-0.2, -0.15) is 0 Å². The van der Waals surface area contributed by atoms with E-state index in [2.05, 4.69) is 10.6 Å². The Labute approximate surface area is 197 Å². The van der Waals surface area contributed by atoms with Crippen LogP contribution in [0.3, 0.4) is 0 Å². The molecule has 3 rings (SSSR count). The standard InChI is InChI=1S/C13H16ClNO4.C12H23N/c1-13(2,3)19-12(18)15-10(11(16)17)8-4-6-9(14)7-5-8;1-3-7-11(8-4-1)13-12-9-5-2-6-10-12/h4-7,10H,1-3H3,(H,15,18)(H,16,17);11-13H,1-10H2/t10-;/m0./s1. The van der Waals surface area contributed by atoms with Gasteiger partial charge in [-0.1, -0.05) is 62.3 Å². The Kier molecular flexibility index (Phi) is 10.8. The summed E-state index contributed by atoms with van der Waals surface area (Å²) < 4.78 is 5.02. The molecule has 2 aliphatic carbocycles. The molecule has 0 bridgehead atoms. The van der Waals surface area contributed by atoms with Gasteiger partial charge in [0.15, 0.2) is 6.04 Å². The minimum absolute atomic E-state index is 0.419. The molecule has 2 fully saturated rings. The molecular formula is C25H39ClN2O4. The number of hydrogen-bond donors (Lipinski definition) is 3. The third kappa shape index (κ3) is 10.2.